The van der Waals surface area contributed by atoms with E-state index in [4.69, 9.17) is 23.7 Å². The van der Waals surface area contributed by atoms with Crippen LogP contribution in [0.5, 0.6) is 0 Å². The van der Waals surface area contributed by atoms with Gasteiger partial charge in [0.25, 0.3) is 0 Å². The second-order valence-electron chi connectivity index (χ2n) is 12.7. The van der Waals surface area contributed by atoms with E-state index in [0.717, 1.165) is 0 Å². The van der Waals surface area contributed by atoms with Gasteiger partial charge in [0.15, 0.2) is 23.6 Å². The molecule has 2 saturated carbocycles. The maximum Gasteiger partial charge on any atom is 0.509 e. The first-order valence-corrected chi connectivity index (χ1v) is 13.9. The second-order valence-corrected chi connectivity index (χ2v) is 12.7. The van der Waals surface area contributed by atoms with Gasteiger partial charge in [-0.05, 0) is 37.1 Å². The summed E-state index contributed by atoms with van der Waals surface area (Å²) in [4.78, 5) is 53.9. The monoisotopic (exact) mass is 586 g/mol. The van der Waals surface area contributed by atoms with Crippen molar-refractivity contribution in [1.82, 2.24) is 0 Å². The van der Waals surface area contributed by atoms with E-state index < -0.39 is 88.5 Å². The molecule has 42 heavy (non-hydrogen) atoms. The number of Topliss-reactive ketones (excluding diaryl/α,β-unsaturated/α-hetero) is 1. The summed E-state index contributed by atoms with van der Waals surface area (Å²) in [6.45, 7) is 7.07. The molecule has 3 aliphatic carbocycles. The third kappa shape index (κ3) is 3.37. The number of fused-ring (bicyclic) bond motifs is 4. The highest BCUT2D eigenvalue weighted by Crippen LogP contribution is 2.66. The molecular weight excluding hydrogens is 552 g/mol. The zero-order valence-electron chi connectivity index (χ0n) is 23.9. The summed E-state index contributed by atoms with van der Waals surface area (Å²) in [5.74, 6) is -3.83. The Kier molecular flexibility index (Phi) is 6.23. The Balaban J connectivity index is 1.70. The van der Waals surface area contributed by atoms with Crippen LogP contribution in [0.1, 0.15) is 51.4 Å². The fraction of sp³-hybridized carbons (Fsp3) is 0.600. The van der Waals surface area contributed by atoms with Crippen LogP contribution in [0, 0.1) is 16.7 Å². The number of benzene rings is 1. The maximum atomic E-state index is 14.5. The van der Waals surface area contributed by atoms with Crippen molar-refractivity contribution in [1.29, 1.82) is 0 Å². The van der Waals surface area contributed by atoms with Crippen molar-refractivity contribution in [3.05, 3.63) is 47.0 Å². The van der Waals surface area contributed by atoms with Gasteiger partial charge in [-0.2, -0.15) is 0 Å². The Morgan fingerprint density at radius 3 is 2.31 bits per heavy atom. The van der Waals surface area contributed by atoms with Crippen LogP contribution in [0.15, 0.2) is 41.5 Å². The van der Waals surface area contributed by atoms with Crippen LogP contribution in [0.3, 0.4) is 0 Å². The van der Waals surface area contributed by atoms with Crippen molar-refractivity contribution in [2.45, 2.75) is 88.9 Å². The highest BCUT2D eigenvalue weighted by Gasteiger charge is 2.82. The largest absolute Gasteiger partial charge is 0.509 e. The molecule has 226 valence electrons. The van der Waals surface area contributed by atoms with Gasteiger partial charge in [-0.1, -0.05) is 32.0 Å². The highest BCUT2D eigenvalue weighted by molar-refractivity contribution is 5.94. The van der Waals surface area contributed by atoms with Crippen LogP contribution in [-0.4, -0.2) is 93.6 Å². The van der Waals surface area contributed by atoms with E-state index in [1.807, 2.05) is 0 Å². The number of hydrogen-bond acceptors (Lipinski definition) is 12. The predicted molar refractivity (Wildman–Crippen MR) is 140 cm³/mol. The van der Waals surface area contributed by atoms with Gasteiger partial charge in [-0.15, -0.1) is 0 Å². The van der Waals surface area contributed by atoms with Crippen molar-refractivity contribution in [3.8, 4) is 0 Å². The fourth-order valence-electron chi connectivity index (χ4n) is 8.40. The Labute approximate surface area is 241 Å². The average Bonchev–Trinajstić information content (AvgIpc) is 3.30. The molecule has 2 saturated heterocycles. The molecule has 1 aromatic rings. The fourth-order valence-corrected chi connectivity index (χ4v) is 8.40. The first kappa shape index (κ1) is 28.8. The summed E-state index contributed by atoms with van der Waals surface area (Å²) in [5.41, 5.74) is -6.75. The minimum absolute atomic E-state index is 0.0516. The zero-order chi connectivity index (χ0) is 30.6. The molecule has 0 amide bonds. The lowest BCUT2D eigenvalue weighted by Gasteiger charge is -2.67. The van der Waals surface area contributed by atoms with E-state index in [1.165, 1.54) is 32.9 Å². The average molecular weight is 587 g/mol. The molecular formula is C30H34O12. The van der Waals surface area contributed by atoms with Gasteiger partial charge in [0.2, 0.25) is 5.60 Å². The Bertz CT molecular complexity index is 1400. The SMILES string of the molecule is CC(=O)O[C@@]12CO[C@@H]1C[C@H](O)[C@@]1(C)C(=O)[C@H](O)C3=C(C)[C@H](O)[C@@H]4OC(=O)O[C@]4([C@@H](OC(=O)c4ccccc4)[C@H]21)C3(C)C. The summed E-state index contributed by atoms with van der Waals surface area (Å²) in [7, 11) is 0. The topological polar surface area (TPSA) is 175 Å². The lowest BCUT2D eigenvalue weighted by molar-refractivity contribution is -0.345. The van der Waals surface area contributed by atoms with Crippen molar-refractivity contribution in [3.63, 3.8) is 0 Å². The molecule has 0 aromatic heterocycles. The van der Waals surface area contributed by atoms with Crippen LogP contribution >= 0.6 is 0 Å². The van der Waals surface area contributed by atoms with E-state index in [9.17, 15) is 34.5 Å². The van der Waals surface area contributed by atoms with E-state index in [-0.39, 0.29) is 29.7 Å². The third-order valence-corrected chi connectivity index (χ3v) is 10.4. The third-order valence-electron chi connectivity index (χ3n) is 10.4. The molecule has 1 spiro atoms. The van der Waals surface area contributed by atoms with E-state index in [1.54, 1.807) is 32.0 Å². The van der Waals surface area contributed by atoms with Gasteiger partial charge >= 0.3 is 18.1 Å². The molecule has 3 N–H and O–H groups in total. The number of hydrogen-bond donors (Lipinski definition) is 3. The molecule has 2 aliphatic heterocycles. The van der Waals surface area contributed by atoms with Gasteiger partial charge < -0.3 is 39.0 Å². The second kappa shape index (κ2) is 9.09. The van der Waals surface area contributed by atoms with Gasteiger partial charge in [-0.3, -0.25) is 9.59 Å². The maximum absolute atomic E-state index is 14.5. The van der Waals surface area contributed by atoms with E-state index in [2.05, 4.69) is 0 Å². The summed E-state index contributed by atoms with van der Waals surface area (Å²) in [6.07, 6.45) is -10.2. The molecule has 1 aromatic carbocycles. The minimum Gasteiger partial charge on any atom is -0.454 e. The number of carbonyl (C=O) groups excluding carboxylic acids is 4. The Morgan fingerprint density at radius 1 is 1.05 bits per heavy atom. The quantitative estimate of drug-likeness (QED) is 0.263. The normalized spacial score (nSPS) is 43.3. The number of rotatable bonds is 3. The predicted octanol–water partition coefficient (Wildman–Crippen LogP) is 1.23. The Morgan fingerprint density at radius 2 is 1.71 bits per heavy atom. The van der Waals surface area contributed by atoms with Gasteiger partial charge in [-0.25, -0.2) is 9.59 Å². The molecule has 0 radical (unpaired) electrons. The van der Waals surface area contributed by atoms with Crippen LogP contribution < -0.4 is 0 Å². The molecule has 10 atom stereocenters. The van der Waals surface area contributed by atoms with Crippen molar-refractivity contribution < 1.29 is 58.2 Å². The first-order valence-electron chi connectivity index (χ1n) is 13.9. The van der Waals surface area contributed by atoms with Crippen molar-refractivity contribution >= 4 is 23.9 Å². The van der Waals surface area contributed by atoms with Gasteiger partial charge in [0.05, 0.1) is 29.6 Å². The molecule has 4 fully saturated rings. The van der Waals surface area contributed by atoms with Gasteiger partial charge in [0.1, 0.15) is 18.3 Å². The summed E-state index contributed by atoms with van der Waals surface area (Å²) >= 11 is 0. The zero-order valence-corrected chi connectivity index (χ0v) is 23.9. The van der Waals surface area contributed by atoms with Gasteiger partial charge in [0, 0.05) is 18.8 Å². The Hall–Kier alpha value is -3.32. The minimum atomic E-state index is -2.05. The van der Waals surface area contributed by atoms with E-state index >= 15 is 0 Å². The number of ketones is 1. The molecule has 2 heterocycles. The molecule has 2 bridgehead atoms. The van der Waals surface area contributed by atoms with Crippen molar-refractivity contribution in [2.75, 3.05) is 6.61 Å². The molecule has 0 unspecified atom stereocenters. The first-order chi connectivity index (χ1) is 19.6. The summed E-state index contributed by atoms with van der Waals surface area (Å²) in [6, 6.07) is 7.97. The number of carbonyl (C=O) groups is 4. The highest BCUT2D eigenvalue weighted by atomic mass is 16.8. The van der Waals surface area contributed by atoms with Crippen LogP contribution in [-0.2, 0) is 33.3 Å². The van der Waals surface area contributed by atoms with Crippen LogP contribution in [0.25, 0.3) is 0 Å². The summed E-state index contributed by atoms with van der Waals surface area (Å²) < 4.78 is 29.5. The standard InChI is InChI=1S/C30H34O12/c1-13-18-20(34)22(35)28(5)16(32)11-17-29(12-38-17,41-14(2)31)21(28)24(39-25(36)15-9-7-6-8-10-15)30(27(18,3)4)23(19(13)33)40-26(37)42-30/h6-10,16-17,19-21,23-24,32-34H,11-12H2,1-5H3/t16-,17+,19-,20+,21-,23-,24-,28+,29-,30+/m0/s1. The van der Waals surface area contributed by atoms with E-state index in [0.29, 0.717) is 0 Å². The number of aliphatic hydroxyl groups excluding tert-OH is 3. The van der Waals surface area contributed by atoms with Crippen molar-refractivity contribution in [2.24, 2.45) is 16.7 Å². The molecule has 12 heteroatoms. The van der Waals surface area contributed by atoms with Crippen LogP contribution in [0.4, 0.5) is 4.79 Å². The molecule has 6 rings (SSSR count). The smallest absolute Gasteiger partial charge is 0.454 e. The lowest BCUT2D eigenvalue weighted by atomic mass is 9.44. The molecule has 12 nitrogen and oxygen atoms in total. The number of esters is 2. The number of aliphatic hydroxyl groups is 3. The summed E-state index contributed by atoms with van der Waals surface area (Å²) in [5, 5.41) is 34.9. The lowest BCUT2D eigenvalue weighted by Crippen LogP contribution is -2.83. The molecule has 5 aliphatic rings. The number of ether oxygens (including phenoxy) is 5. The van der Waals surface area contributed by atoms with Crippen LogP contribution in [0.2, 0.25) is 0 Å².